The Morgan fingerprint density at radius 2 is 1.78 bits per heavy atom. The van der Waals surface area contributed by atoms with Crippen LogP contribution in [-0.4, -0.2) is 49.8 Å². The monoisotopic (exact) mass is 458 g/mol. The number of likely N-dealkylation sites (tertiary alicyclic amines) is 1. The van der Waals surface area contributed by atoms with Gasteiger partial charge in [-0.1, -0.05) is 12.1 Å². The molecule has 1 aromatic heterocycles. The van der Waals surface area contributed by atoms with Crippen LogP contribution < -0.4 is 10.0 Å². The van der Waals surface area contributed by atoms with Crippen molar-refractivity contribution in [3.05, 3.63) is 53.2 Å². The van der Waals surface area contributed by atoms with E-state index in [1.165, 1.54) is 0 Å². The Morgan fingerprint density at radius 3 is 2.41 bits per heavy atom. The van der Waals surface area contributed by atoms with Gasteiger partial charge in [-0.05, 0) is 68.5 Å². The highest BCUT2D eigenvalue weighted by atomic mass is 32.2. The number of nitrogens with one attached hydrogen (secondary N) is 2. The highest BCUT2D eigenvalue weighted by Gasteiger charge is 2.27. The van der Waals surface area contributed by atoms with E-state index in [1.54, 1.807) is 35.4 Å². The summed E-state index contributed by atoms with van der Waals surface area (Å²) in [5.74, 6) is 0.141. The molecule has 0 bridgehead atoms. The van der Waals surface area contributed by atoms with Crippen molar-refractivity contribution in [1.29, 1.82) is 0 Å². The van der Waals surface area contributed by atoms with E-state index in [-0.39, 0.29) is 35.6 Å². The summed E-state index contributed by atoms with van der Waals surface area (Å²) < 4.78 is 27.4. The van der Waals surface area contributed by atoms with Crippen LogP contribution in [0.3, 0.4) is 0 Å². The number of piperidine rings is 1. The Labute approximate surface area is 189 Å². The van der Waals surface area contributed by atoms with E-state index in [9.17, 15) is 18.0 Å². The predicted molar refractivity (Wildman–Crippen MR) is 123 cm³/mol. The molecule has 0 radical (unpaired) electrons. The van der Waals surface area contributed by atoms with E-state index >= 15 is 0 Å². The molecule has 2 heterocycles. The average Bonchev–Trinajstić information content (AvgIpc) is 2.77. The van der Waals surface area contributed by atoms with Crippen LogP contribution in [0.2, 0.25) is 0 Å². The van der Waals surface area contributed by atoms with E-state index in [2.05, 4.69) is 15.0 Å². The second kappa shape index (κ2) is 10.2. The minimum absolute atomic E-state index is 0.0353. The van der Waals surface area contributed by atoms with Crippen LogP contribution in [0.1, 0.15) is 36.0 Å². The van der Waals surface area contributed by atoms with Crippen LogP contribution in [0.5, 0.6) is 0 Å². The van der Waals surface area contributed by atoms with E-state index < -0.39 is 10.0 Å². The zero-order chi connectivity index (χ0) is 23.3. The number of amides is 2. The molecule has 1 aromatic carbocycles. The van der Waals surface area contributed by atoms with Gasteiger partial charge in [0.1, 0.15) is 5.82 Å². The summed E-state index contributed by atoms with van der Waals surface area (Å²) in [7, 11) is -3.66. The van der Waals surface area contributed by atoms with Crippen molar-refractivity contribution in [3.8, 4) is 0 Å². The highest BCUT2D eigenvalue weighted by molar-refractivity contribution is 7.89. The third kappa shape index (κ3) is 6.14. The summed E-state index contributed by atoms with van der Waals surface area (Å²) in [6.45, 7) is 6.70. The summed E-state index contributed by atoms with van der Waals surface area (Å²) >= 11 is 0. The van der Waals surface area contributed by atoms with Crippen molar-refractivity contribution in [1.82, 2.24) is 14.6 Å². The van der Waals surface area contributed by atoms with Crippen LogP contribution in [0.15, 0.2) is 41.4 Å². The fourth-order valence-corrected chi connectivity index (χ4v) is 4.69. The lowest BCUT2D eigenvalue weighted by Gasteiger charge is -2.31. The molecule has 1 fully saturated rings. The van der Waals surface area contributed by atoms with Crippen LogP contribution in [0.25, 0.3) is 0 Å². The third-order valence-corrected chi connectivity index (χ3v) is 7.26. The van der Waals surface area contributed by atoms with E-state index in [4.69, 9.17) is 0 Å². The molecule has 2 amide bonds. The van der Waals surface area contributed by atoms with Gasteiger partial charge in [-0.25, -0.2) is 18.1 Å². The molecule has 3 rings (SSSR count). The molecule has 0 atom stereocenters. The zero-order valence-electron chi connectivity index (χ0n) is 18.7. The number of aromatic nitrogens is 1. The van der Waals surface area contributed by atoms with Crippen molar-refractivity contribution >= 4 is 27.7 Å². The number of pyridine rings is 1. The van der Waals surface area contributed by atoms with Gasteiger partial charge in [0.2, 0.25) is 21.8 Å². The first-order chi connectivity index (χ1) is 15.2. The van der Waals surface area contributed by atoms with Crippen molar-refractivity contribution in [2.45, 2.75) is 44.9 Å². The van der Waals surface area contributed by atoms with Gasteiger partial charge in [0.15, 0.2) is 0 Å². The second-order valence-corrected chi connectivity index (χ2v) is 10.0. The highest BCUT2D eigenvalue weighted by Crippen LogP contribution is 2.20. The maximum Gasteiger partial charge on any atom is 0.240 e. The van der Waals surface area contributed by atoms with Crippen molar-refractivity contribution in [3.63, 3.8) is 0 Å². The topological polar surface area (TPSA) is 108 Å². The van der Waals surface area contributed by atoms with Crippen LogP contribution >= 0.6 is 0 Å². The molecule has 0 unspecified atom stereocenters. The number of sulfonamides is 1. The molecule has 8 nitrogen and oxygen atoms in total. The van der Waals surface area contributed by atoms with Gasteiger partial charge in [-0.15, -0.1) is 0 Å². The lowest BCUT2D eigenvalue weighted by molar-refractivity contribution is -0.134. The maximum atomic E-state index is 12.5. The molecule has 0 spiro atoms. The van der Waals surface area contributed by atoms with Gasteiger partial charge in [-0.3, -0.25) is 9.59 Å². The van der Waals surface area contributed by atoms with Gasteiger partial charge >= 0.3 is 0 Å². The number of rotatable bonds is 7. The van der Waals surface area contributed by atoms with E-state index in [0.717, 1.165) is 16.7 Å². The zero-order valence-corrected chi connectivity index (χ0v) is 19.5. The number of nitrogens with zero attached hydrogens (tertiary/aromatic N) is 2. The predicted octanol–water partition coefficient (Wildman–Crippen LogP) is 2.55. The number of aryl methyl sites for hydroxylation is 3. The van der Waals surface area contributed by atoms with Gasteiger partial charge in [0.25, 0.3) is 0 Å². The lowest BCUT2D eigenvalue weighted by Crippen LogP contribution is -2.42. The fourth-order valence-electron chi connectivity index (χ4n) is 3.58. The van der Waals surface area contributed by atoms with E-state index in [0.29, 0.717) is 31.7 Å². The number of carbonyl (C=O) groups is 2. The molecular formula is C23H30N4O4S. The Kier molecular flexibility index (Phi) is 7.63. The minimum atomic E-state index is -3.66. The Morgan fingerprint density at radius 1 is 1.06 bits per heavy atom. The number of carbonyl (C=O) groups excluding carboxylic acids is 2. The summed E-state index contributed by atoms with van der Waals surface area (Å²) in [5, 5.41) is 2.83. The molecule has 172 valence electrons. The van der Waals surface area contributed by atoms with Crippen LogP contribution in [0, 0.1) is 26.7 Å². The molecule has 32 heavy (non-hydrogen) atoms. The van der Waals surface area contributed by atoms with Crippen LogP contribution in [-0.2, 0) is 19.6 Å². The molecule has 2 aromatic rings. The molecule has 0 aliphatic carbocycles. The maximum absolute atomic E-state index is 12.5. The molecule has 1 saturated heterocycles. The molecule has 1 aliphatic rings. The molecule has 0 saturated carbocycles. The minimum Gasteiger partial charge on any atom is -0.343 e. The lowest BCUT2D eigenvalue weighted by atomic mass is 9.95. The Balaban J connectivity index is 1.43. The quantitative estimate of drug-likeness (QED) is 0.663. The number of anilines is 1. The van der Waals surface area contributed by atoms with E-state index in [1.807, 2.05) is 26.8 Å². The van der Waals surface area contributed by atoms with Crippen LogP contribution in [0.4, 0.5) is 5.82 Å². The SMILES string of the molecule is Cc1ccc(NC(=O)C2CCN(C(=O)CCNS(=O)(=O)c3ccc(C)c(C)c3)CC2)nc1. The average molecular weight is 459 g/mol. The summed E-state index contributed by atoms with van der Waals surface area (Å²) in [6.07, 6.45) is 2.91. The van der Waals surface area contributed by atoms with Gasteiger partial charge in [-0.2, -0.15) is 0 Å². The fraction of sp³-hybridized carbons (Fsp3) is 0.435. The number of hydrogen-bond acceptors (Lipinski definition) is 5. The Hall–Kier alpha value is -2.78. The summed E-state index contributed by atoms with van der Waals surface area (Å²) in [6, 6.07) is 8.61. The first kappa shape index (κ1) is 23.9. The molecular weight excluding hydrogens is 428 g/mol. The molecule has 2 N–H and O–H groups in total. The van der Waals surface area contributed by atoms with Crippen molar-refractivity contribution in [2.24, 2.45) is 5.92 Å². The largest absolute Gasteiger partial charge is 0.343 e. The summed E-state index contributed by atoms with van der Waals surface area (Å²) in [5.41, 5.74) is 2.94. The smallest absolute Gasteiger partial charge is 0.240 e. The van der Waals surface area contributed by atoms with Gasteiger partial charge in [0.05, 0.1) is 4.90 Å². The summed E-state index contributed by atoms with van der Waals surface area (Å²) in [4.78, 5) is 31.0. The van der Waals surface area contributed by atoms with Crippen molar-refractivity contribution < 1.29 is 18.0 Å². The molecule has 1 aliphatic heterocycles. The normalized spacial score (nSPS) is 14.9. The first-order valence-electron chi connectivity index (χ1n) is 10.7. The standard InChI is InChI=1S/C23H30N4O4S/c1-16-4-7-21(24-15-16)26-23(29)19-9-12-27(13-10-19)22(28)8-11-25-32(30,31)20-6-5-17(2)18(3)14-20/h4-7,14-15,19,25H,8-13H2,1-3H3,(H,24,26,29). The van der Waals surface area contributed by atoms with Gasteiger partial charge < -0.3 is 10.2 Å². The number of benzene rings is 1. The van der Waals surface area contributed by atoms with Crippen molar-refractivity contribution in [2.75, 3.05) is 25.0 Å². The first-order valence-corrected chi connectivity index (χ1v) is 12.2. The number of hydrogen-bond donors (Lipinski definition) is 2. The third-order valence-electron chi connectivity index (χ3n) is 5.80. The van der Waals surface area contributed by atoms with Gasteiger partial charge in [0, 0.05) is 38.2 Å². The molecule has 9 heteroatoms. The Bertz CT molecular complexity index is 1080. The second-order valence-electron chi connectivity index (χ2n) is 8.26.